The molecule has 1 amide bonds. The fourth-order valence-corrected chi connectivity index (χ4v) is 2.15. The SMILES string of the molecule is CCCCC(CN)NC(=O)CCC1CCOC1. The summed E-state index contributed by atoms with van der Waals surface area (Å²) in [6, 6.07) is 0.155. The van der Waals surface area contributed by atoms with Crippen LogP contribution in [0.5, 0.6) is 0 Å². The second-order valence-corrected chi connectivity index (χ2v) is 4.91. The summed E-state index contributed by atoms with van der Waals surface area (Å²) in [5.41, 5.74) is 5.65. The summed E-state index contributed by atoms with van der Waals surface area (Å²) in [6.07, 6.45) is 5.91. The number of ether oxygens (including phenoxy) is 1. The number of carbonyl (C=O) groups is 1. The summed E-state index contributed by atoms with van der Waals surface area (Å²) in [4.78, 5) is 11.7. The number of rotatable bonds is 8. The van der Waals surface area contributed by atoms with Crippen LogP contribution in [0.25, 0.3) is 0 Å². The lowest BCUT2D eigenvalue weighted by molar-refractivity contribution is -0.122. The fourth-order valence-electron chi connectivity index (χ4n) is 2.15. The lowest BCUT2D eigenvalue weighted by Gasteiger charge is -2.17. The van der Waals surface area contributed by atoms with E-state index in [0.717, 1.165) is 45.3 Å². The molecule has 1 heterocycles. The van der Waals surface area contributed by atoms with Gasteiger partial charge in [0.1, 0.15) is 0 Å². The number of carbonyl (C=O) groups excluding carboxylic acids is 1. The molecule has 4 nitrogen and oxygen atoms in total. The first kappa shape index (κ1) is 14.5. The van der Waals surface area contributed by atoms with Gasteiger partial charge in [0.2, 0.25) is 5.91 Å². The Morgan fingerprint density at radius 1 is 1.59 bits per heavy atom. The van der Waals surface area contributed by atoms with Gasteiger partial charge in [-0.3, -0.25) is 4.79 Å². The number of hydrogen-bond donors (Lipinski definition) is 2. The Hall–Kier alpha value is -0.610. The minimum Gasteiger partial charge on any atom is -0.381 e. The second kappa shape index (κ2) is 8.48. The molecule has 0 aromatic carbocycles. The number of nitrogens with two attached hydrogens (primary N) is 1. The smallest absolute Gasteiger partial charge is 0.220 e. The molecule has 1 fully saturated rings. The summed E-state index contributed by atoms with van der Waals surface area (Å²) in [5.74, 6) is 0.719. The summed E-state index contributed by atoms with van der Waals surface area (Å²) < 4.78 is 5.29. The molecule has 0 bridgehead atoms. The summed E-state index contributed by atoms with van der Waals surface area (Å²) in [7, 11) is 0. The Labute approximate surface area is 104 Å². The third kappa shape index (κ3) is 6.03. The number of amides is 1. The Morgan fingerprint density at radius 2 is 2.41 bits per heavy atom. The van der Waals surface area contributed by atoms with Gasteiger partial charge in [-0.1, -0.05) is 19.8 Å². The zero-order valence-corrected chi connectivity index (χ0v) is 10.9. The topological polar surface area (TPSA) is 64.3 Å². The maximum atomic E-state index is 11.7. The molecule has 1 aliphatic rings. The second-order valence-electron chi connectivity index (χ2n) is 4.91. The molecule has 0 aliphatic carbocycles. The minimum absolute atomic E-state index is 0.142. The van der Waals surface area contributed by atoms with Gasteiger partial charge in [-0.25, -0.2) is 0 Å². The third-order valence-corrected chi connectivity index (χ3v) is 3.36. The van der Waals surface area contributed by atoms with Crippen LogP contribution in [0.2, 0.25) is 0 Å². The zero-order chi connectivity index (χ0) is 12.5. The van der Waals surface area contributed by atoms with Crippen molar-refractivity contribution in [1.82, 2.24) is 5.32 Å². The predicted molar refractivity (Wildman–Crippen MR) is 68.7 cm³/mol. The number of nitrogens with one attached hydrogen (secondary N) is 1. The van der Waals surface area contributed by atoms with Gasteiger partial charge in [0.15, 0.2) is 0 Å². The van der Waals surface area contributed by atoms with Crippen molar-refractivity contribution in [2.24, 2.45) is 11.7 Å². The molecular formula is C13H26N2O2. The largest absolute Gasteiger partial charge is 0.381 e. The molecular weight excluding hydrogens is 216 g/mol. The highest BCUT2D eigenvalue weighted by molar-refractivity contribution is 5.76. The van der Waals surface area contributed by atoms with Crippen molar-refractivity contribution in [3.05, 3.63) is 0 Å². The first-order valence-corrected chi connectivity index (χ1v) is 6.83. The van der Waals surface area contributed by atoms with Crippen LogP contribution < -0.4 is 11.1 Å². The van der Waals surface area contributed by atoms with E-state index in [9.17, 15) is 4.79 Å². The first-order chi connectivity index (χ1) is 8.26. The van der Waals surface area contributed by atoms with E-state index in [4.69, 9.17) is 10.5 Å². The van der Waals surface area contributed by atoms with Crippen LogP contribution in [0, 0.1) is 5.92 Å². The molecule has 0 aromatic rings. The Kier molecular flexibility index (Phi) is 7.21. The molecule has 1 aliphatic heterocycles. The Balaban J connectivity index is 2.12. The van der Waals surface area contributed by atoms with Crippen molar-refractivity contribution in [3.63, 3.8) is 0 Å². The van der Waals surface area contributed by atoms with Gasteiger partial charge in [-0.15, -0.1) is 0 Å². The van der Waals surface area contributed by atoms with E-state index in [0.29, 0.717) is 18.9 Å². The van der Waals surface area contributed by atoms with E-state index in [2.05, 4.69) is 12.2 Å². The van der Waals surface area contributed by atoms with Crippen molar-refractivity contribution in [2.75, 3.05) is 19.8 Å². The van der Waals surface area contributed by atoms with Crippen LogP contribution in [0.15, 0.2) is 0 Å². The van der Waals surface area contributed by atoms with Crippen molar-refractivity contribution in [2.45, 2.75) is 51.5 Å². The molecule has 1 saturated heterocycles. The van der Waals surface area contributed by atoms with Crippen molar-refractivity contribution >= 4 is 5.91 Å². The summed E-state index contributed by atoms with van der Waals surface area (Å²) in [5, 5.41) is 3.02. The highest BCUT2D eigenvalue weighted by Gasteiger charge is 2.17. The fraction of sp³-hybridized carbons (Fsp3) is 0.923. The normalized spacial score (nSPS) is 21.4. The van der Waals surface area contributed by atoms with Gasteiger partial charge in [0.05, 0.1) is 0 Å². The molecule has 4 heteroatoms. The van der Waals surface area contributed by atoms with E-state index in [1.807, 2.05) is 0 Å². The highest BCUT2D eigenvalue weighted by Crippen LogP contribution is 2.17. The van der Waals surface area contributed by atoms with Gasteiger partial charge in [0, 0.05) is 32.2 Å². The maximum absolute atomic E-state index is 11.7. The molecule has 0 spiro atoms. The molecule has 17 heavy (non-hydrogen) atoms. The molecule has 1 rings (SSSR count). The van der Waals surface area contributed by atoms with Crippen LogP contribution in [-0.2, 0) is 9.53 Å². The maximum Gasteiger partial charge on any atom is 0.220 e. The van der Waals surface area contributed by atoms with Crippen LogP contribution in [0.3, 0.4) is 0 Å². The molecule has 3 N–H and O–H groups in total. The Morgan fingerprint density at radius 3 is 3.00 bits per heavy atom. The van der Waals surface area contributed by atoms with E-state index >= 15 is 0 Å². The van der Waals surface area contributed by atoms with Crippen LogP contribution in [-0.4, -0.2) is 31.7 Å². The average molecular weight is 242 g/mol. The monoisotopic (exact) mass is 242 g/mol. The van der Waals surface area contributed by atoms with Gasteiger partial charge in [-0.05, 0) is 25.2 Å². The molecule has 0 aromatic heterocycles. The van der Waals surface area contributed by atoms with Gasteiger partial charge >= 0.3 is 0 Å². The molecule has 0 radical (unpaired) electrons. The molecule has 2 unspecified atom stereocenters. The standard InChI is InChI=1S/C13H26N2O2/c1-2-3-4-12(9-14)15-13(16)6-5-11-7-8-17-10-11/h11-12H,2-10,14H2,1H3,(H,15,16). The van der Waals surface area contributed by atoms with E-state index in [1.54, 1.807) is 0 Å². The van der Waals surface area contributed by atoms with E-state index in [-0.39, 0.29) is 11.9 Å². The van der Waals surface area contributed by atoms with Gasteiger partial charge in [0.25, 0.3) is 0 Å². The molecule has 100 valence electrons. The Bertz CT molecular complexity index is 215. The summed E-state index contributed by atoms with van der Waals surface area (Å²) >= 11 is 0. The van der Waals surface area contributed by atoms with Crippen molar-refractivity contribution < 1.29 is 9.53 Å². The van der Waals surface area contributed by atoms with Crippen LogP contribution in [0.1, 0.15) is 45.4 Å². The van der Waals surface area contributed by atoms with E-state index in [1.165, 1.54) is 0 Å². The lowest BCUT2D eigenvalue weighted by atomic mass is 10.0. The van der Waals surface area contributed by atoms with Crippen molar-refractivity contribution in [1.29, 1.82) is 0 Å². The van der Waals surface area contributed by atoms with Crippen LogP contribution >= 0.6 is 0 Å². The molecule has 0 saturated carbocycles. The van der Waals surface area contributed by atoms with E-state index < -0.39 is 0 Å². The highest BCUT2D eigenvalue weighted by atomic mass is 16.5. The number of unbranched alkanes of at least 4 members (excludes halogenated alkanes) is 1. The quantitative estimate of drug-likeness (QED) is 0.677. The summed E-state index contributed by atoms with van der Waals surface area (Å²) in [6.45, 7) is 4.37. The van der Waals surface area contributed by atoms with Crippen LogP contribution in [0.4, 0.5) is 0 Å². The van der Waals surface area contributed by atoms with Gasteiger partial charge in [-0.2, -0.15) is 0 Å². The predicted octanol–water partition coefficient (Wildman–Crippen LogP) is 1.44. The zero-order valence-electron chi connectivity index (χ0n) is 10.9. The molecule has 2 atom stereocenters. The lowest BCUT2D eigenvalue weighted by Crippen LogP contribution is -2.40. The first-order valence-electron chi connectivity index (χ1n) is 6.83. The van der Waals surface area contributed by atoms with Crippen molar-refractivity contribution in [3.8, 4) is 0 Å². The number of hydrogen-bond acceptors (Lipinski definition) is 3. The minimum atomic E-state index is 0.142. The van der Waals surface area contributed by atoms with Gasteiger partial charge < -0.3 is 15.8 Å². The average Bonchev–Trinajstić information content (AvgIpc) is 2.85. The third-order valence-electron chi connectivity index (χ3n) is 3.36.